The summed E-state index contributed by atoms with van der Waals surface area (Å²) in [5.74, 6) is 0.611. The molecule has 1 aliphatic carbocycles. The van der Waals surface area contributed by atoms with Crippen molar-refractivity contribution in [2.24, 2.45) is 0 Å². The molecular weight excluding hydrogens is 256 g/mol. The average molecular weight is 278 g/mol. The van der Waals surface area contributed by atoms with Gasteiger partial charge in [-0.3, -0.25) is 0 Å². The van der Waals surface area contributed by atoms with Gasteiger partial charge in [-0.1, -0.05) is 72.9 Å². The van der Waals surface area contributed by atoms with Crippen LogP contribution in [0.5, 0.6) is 0 Å². The summed E-state index contributed by atoms with van der Waals surface area (Å²) >= 11 is 0. The Morgan fingerprint density at radius 1 is 0.900 bits per heavy atom. The second kappa shape index (κ2) is 5.41. The van der Waals surface area contributed by atoms with Crippen LogP contribution >= 0.6 is 0 Å². The van der Waals surface area contributed by atoms with Gasteiger partial charge in [0.05, 0.1) is 8.80 Å². The van der Waals surface area contributed by atoms with E-state index in [1.54, 1.807) is 16.3 Å². The molecule has 2 aromatic carbocycles. The molecule has 20 heavy (non-hydrogen) atoms. The molecule has 102 valence electrons. The fourth-order valence-corrected chi connectivity index (χ4v) is 5.76. The highest BCUT2D eigenvalue weighted by molar-refractivity contribution is 6.66. The van der Waals surface area contributed by atoms with E-state index in [0.717, 1.165) is 6.42 Å². The summed E-state index contributed by atoms with van der Waals surface area (Å²) in [4.78, 5) is 0. The summed E-state index contributed by atoms with van der Waals surface area (Å²) in [7, 11) is -0.787. The molecule has 1 atom stereocenters. The zero-order valence-electron chi connectivity index (χ0n) is 12.6. The molecule has 0 N–H and O–H groups in total. The maximum absolute atomic E-state index is 2.46. The Morgan fingerprint density at radius 2 is 1.55 bits per heavy atom. The number of fused-ring (bicyclic) bond motifs is 1. The predicted octanol–water partition coefficient (Wildman–Crippen LogP) is 4.83. The van der Waals surface area contributed by atoms with Crippen LogP contribution < -0.4 is 0 Å². The van der Waals surface area contributed by atoms with Crippen LogP contribution in [0.2, 0.25) is 13.1 Å². The second-order valence-electron chi connectivity index (χ2n) is 6.06. The normalized spacial score (nSPS) is 17.7. The monoisotopic (exact) mass is 278 g/mol. The lowest BCUT2D eigenvalue weighted by molar-refractivity contribution is 0.832. The van der Waals surface area contributed by atoms with Gasteiger partial charge in [-0.15, -0.1) is 0 Å². The first-order valence-corrected chi connectivity index (χ1v) is 10.4. The number of rotatable bonds is 3. The Bertz CT molecular complexity index is 638. The van der Waals surface area contributed by atoms with Gasteiger partial charge in [-0.2, -0.15) is 0 Å². The molecule has 0 fully saturated rings. The van der Waals surface area contributed by atoms with E-state index in [0.29, 0.717) is 5.92 Å². The fraction of sp³-hybridized carbons (Fsp3) is 0.263. The van der Waals surface area contributed by atoms with Gasteiger partial charge in [0.2, 0.25) is 0 Å². The largest absolute Gasteiger partial charge is 0.0735 e. The first-order valence-electron chi connectivity index (χ1n) is 7.52. The molecule has 0 aromatic heterocycles. The predicted molar refractivity (Wildman–Crippen MR) is 90.8 cm³/mol. The minimum atomic E-state index is -0.787. The molecule has 0 bridgehead atoms. The SMILES string of the molecule is CC1=C([SiH](C)C)C(Cc2ccccc2)c2ccccc21. The molecule has 0 heterocycles. The van der Waals surface area contributed by atoms with Crippen LogP contribution in [0.4, 0.5) is 0 Å². The quantitative estimate of drug-likeness (QED) is 0.706. The van der Waals surface area contributed by atoms with Crippen molar-refractivity contribution in [2.45, 2.75) is 32.4 Å². The van der Waals surface area contributed by atoms with E-state index >= 15 is 0 Å². The summed E-state index contributed by atoms with van der Waals surface area (Å²) in [6, 6.07) is 19.9. The van der Waals surface area contributed by atoms with Gasteiger partial charge in [0.25, 0.3) is 0 Å². The van der Waals surface area contributed by atoms with Gasteiger partial charge < -0.3 is 0 Å². The topological polar surface area (TPSA) is 0 Å². The van der Waals surface area contributed by atoms with Crippen LogP contribution in [0.25, 0.3) is 5.57 Å². The van der Waals surface area contributed by atoms with Gasteiger partial charge in [0.1, 0.15) is 0 Å². The van der Waals surface area contributed by atoms with E-state index in [1.165, 1.54) is 11.1 Å². The van der Waals surface area contributed by atoms with E-state index in [4.69, 9.17) is 0 Å². The van der Waals surface area contributed by atoms with Crippen LogP contribution in [0.3, 0.4) is 0 Å². The third-order valence-corrected chi connectivity index (χ3v) is 6.53. The van der Waals surface area contributed by atoms with Crippen molar-refractivity contribution < 1.29 is 0 Å². The van der Waals surface area contributed by atoms with Crippen molar-refractivity contribution in [3.8, 4) is 0 Å². The first-order chi connectivity index (χ1) is 9.68. The van der Waals surface area contributed by atoms with Crippen molar-refractivity contribution in [1.82, 2.24) is 0 Å². The summed E-state index contributed by atoms with van der Waals surface area (Å²) in [6.45, 7) is 7.25. The third kappa shape index (κ3) is 2.27. The smallest absolute Gasteiger partial charge is 0.0607 e. The van der Waals surface area contributed by atoms with Gasteiger partial charge in [0, 0.05) is 5.92 Å². The summed E-state index contributed by atoms with van der Waals surface area (Å²) < 4.78 is 0. The molecule has 0 saturated carbocycles. The van der Waals surface area contributed by atoms with E-state index < -0.39 is 8.80 Å². The van der Waals surface area contributed by atoms with Gasteiger partial charge in [0.15, 0.2) is 0 Å². The van der Waals surface area contributed by atoms with Crippen LogP contribution in [0, 0.1) is 0 Å². The molecule has 1 unspecified atom stereocenters. The molecule has 0 nitrogen and oxygen atoms in total. The third-order valence-electron chi connectivity index (χ3n) is 4.45. The maximum Gasteiger partial charge on any atom is 0.0607 e. The molecule has 2 aromatic rings. The van der Waals surface area contributed by atoms with Crippen LogP contribution in [-0.2, 0) is 6.42 Å². The number of allylic oxidation sites excluding steroid dienone is 2. The van der Waals surface area contributed by atoms with E-state index in [2.05, 4.69) is 74.6 Å². The molecule has 3 rings (SSSR count). The fourth-order valence-electron chi connectivity index (χ4n) is 3.63. The second-order valence-corrected chi connectivity index (χ2v) is 9.00. The standard InChI is InChI=1S/C19H22Si/c1-14-16-11-7-8-12-17(16)18(19(14)20(2)3)13-15-9-5-4-6-10-15/h4-12,18,20H,13H2,1-3H3. The molecular formula is C19H22Si. The Morgan fingerprint density at radius 3 is 2.25 bits per heavy atom. The average Bonchev–Trinajstić information content (AvgIpc) is 2.74. The molecule has 0 spiro atoms. The minimum absolute atomic E-state index is 0.611. The van der Waals surface area contributed by atoms with Crippen molar-refractivity contribution in [1.29, 1.82) is 0 Å². The summed E-state index contributed by atoms with van der Waals surface area (Å²) in [6.07, 6.45) is 1.15. The molecule has 0 aliphatic heterocycles. The molecule has 0 amide bonds. The number of hydrogen-bond acceptors (Lipinski definition) is 0. The molecule has 0 radical (unpaired) electrons. The van der Waals surface area contributed by atoms with E-state index in [9.17, 15) is 0 Å². The first kappa shape index (κ1) is 13.4. The Kier molecular flexibility index (Phi) is 3.62. The minimum Gasteiger partial charge on any atom is -0.0735 e. The van der Waals surface area contributed by atoms with Crippen molar-refractivity contribution in [3.05, 3.63) is 76.5 Å². The summed E-state index contributed by atoms with van der Waals surface area (Å²) in [5.41, 5.74) is 6.05. The zero-order chi connectivity index (χ0) is 14.1. The van der Waals surface area contributed by atoms with Gasteiger partial charge >= 0.3 is 0 Å². The Balaban J connectivity index is 2.04. The van der Waals surface area contributed by atoms with Gasteiger partial charge in [-0.25, -0.2) is 0 Å². The van der Waals surface area contributed by atoms with Crippen molar-refractivity contribution in [3.63, 3.8) is 0 Å². The highest BCUT2D eigenvalue weighted by Gasteiger charge is 2.30. The molecule has 0 saturated heterocycles. The van der Waals surface area contributed by atoms with E-state index in [1.807, 2.05) is 0 Å². The van der Waals surface area contributed by atoms with Crippen LogP contribution in [-0.4, -0.2) is 8.80 Å². The Hall–Kier alpha value is -1.60. The molecule has 1 aliphatic rings. The Labute approximate surface area is 123 Å². The summed E-state index contributed by atoms with van der Waals surface area (Å²) in [5, 5.41) is 1.76. The van der Waals surface area contributed by atoms with Crippen molar-refractivity contribution in [2.75, 3.05) is 0 Å². The maximum atomic E-state index is 2.46. The lowest BCUT2D eigenvalue weighted by Crippen LogP contribution is -2.14. The highest BCUT2D eigenvalue weighted by Crippen LogP contribution is 2.44. The lowest BCUT2D eigenvalue weighted by atomic mass is 9.93. The van der Waals surface area contributed by atoms with Gasteiger partial charge in [-0.05, 0) is 35.6 Å². The molecule has 1 heteroatoms. The number of hydrogen-bond donors (Lipinski definition) is 0. The highest BCUT2D eigenvalue weighted by atomic mass is 28.3. The van der Waals surface area contributed by atoms with E-state index in [-0.39, 0.29) is 0 Å². The zero-order valence-corrected chi connectivity index (χ0v) is 13.7. The lowest BCUT2D eigenvalue weighted by Gasteiger charge is -2.19. The number of benzene rings is 2. The van der Waals surface area contributed by atoms with Crippen molar-refractivity contribution >= 4 is 14.4 Å². The van der Waals surface area contributed by atoms with Crippen LogP contribution in [0.1, 0.15) is 29.5 Å². The van der Waals surface area contributed by atoms with Crippen LogP contribution in [0.15, 0.2) is 59.8 Å².